The van der Waals surface area contributed by atoms with Crippen molar-refractivity contribution < 1.29 is 4.74 Å². The molecule has 0 spiro atoms. The van der Waals surface area contributed by atoms with Crippen LogP contribution in [-0.4, -0.2) is 11.5 Å². The first-order valence-corrected chi connectivity index (χ1v) is 5.85. The van der Waals surface area contributed by atoms with Crippen molar-refractivity contribution in [3.8, 4) is 5.75 Å². The highest BCUT2D eigenvalue weighted by molar-refractivity contribution is 6.20. The molecular weight excluding hydrogens is 208 g/mol. The molecule has 1 aromatic carbocycles. The summed E-state index contributed by atoms with van der Waals surface area (Å²) in [5, 5.41) is 0.138. The molecule has 1 rings (SSSR count). The van der Waals surface area contributed by atoms with Gasteiger partial charge in [0.15, 0.2) is 0 Å². The van der Waals surface area contributed by atoms with Crippen LogP contribution in [0.15, 0.2) is 24.3 Å². The highest BCUT2D eigenvalue weighted by atomic mass is 35.5. The number of hydrogen-bond donors (Lipinski definition) is 0. The van der Waals surface area contributed by atoms with Crippen molar-refractivity contribution in [1.29, 1.82) is 0 Å². The number of alkyl halides is 1. The monoisotopic (exact) mass is 226 g/mol. The van der Waals surface area contributed by atoms with Crippen LogP contribution in [0.2, 0.25) is 0 Å². The van der Waals surface area contributed by atoms with Gasteiger partial charge in [-0.1, -0.05) is 19.1 Å². The van der Waals surface area contributed by atoms with Crippen LogP contribution in [0.3, 0.4) is 0 Å². The highest BCUT2D eigenvalue weighted by Crippen LogP contribution is 2.26. The van der Waals surface area contributed by atoms with Gasteiger partial charge in [-0.15, -0.1) is 11.6 Å². The molecule has 0 bridgehead atoms. The molecule has 0 aliphatic heterocycles. The quantitative estimate of drug-likeness (QED) is 0.699. The van der Waals surface area contributed by atoms with Gasteiger partial charge in [0.05, 0.1) is 6.10 Å². The van der Waals surface area contributed by atoms with Crippen LogP contribution in [0, 0.1) is 0 Å². The molecule has 1 nitrogen and oxygen atoms in total. The summed E-state index contributed by atoms with van der Waals surface area (Å²) in [4.78, 5) is 0. The Kier molecular flexibility index (Phi) is 4.46. The van der Waals surface area contributed by atoms with Crippen LogP contribution in [-0.2, 0) is 0 Å². The molecule has 84 valence electrons. The first-order valence-electron chi connectivity index (χ1n) is 5.41. The van der Waals surface area contributed by atoms with E-state index in [2.05, 4.69) is 19.1 Å². The Morgan fingerprint density at radius 2 is 1.80 bits per heavy atom. The summed E-state index contributed by atoms with van der Waals surface area (Å²) >= 11 is 6.08. The van der Waals surface area contributed by atoms with Gasteiger partial charge in [-0.05, 0) is 44.4 Å². The maximum Gasteiger partial charge on any atom is 0.119 e. The third-order valence-electron chi connectivity index (χ3n) is 2.44. The van der Waals surface area contributed by atoms with Gasteiger partial charge in [0, 0.05) is 5.38 Å². The molecule has 0 fully saturated rings. The van der Waals surface area contributed by atoms with Gasteiger partial charge < -0.3 is 4.74 Å². The number of ether oxygens (including phenoxy) is 1. The number of halogens is 1. The van der Waals surface area contributed by atoms with E-state index in [4.69, 9.17) is 16.3 Å². The fourth-order valence-corrected chi connectivity index (χ4v) is 1.55. The van der Waals surface area contributed by atoms with Crippen molar-refractivity contribution in [2.45, 2.75) is 45.1 Å². The van der Waals surface area contributed by atoms with E-state index >= 15 is 0 Å². The molecule has 15 heavy (non-hydrogen) atoms. The van der Waals surface area contributed by atoms with Gasteiger partial charge in [0.1, 0.15) is 5.75 Å². The van der Waals surface area contributed by atoms with Crippen LogP contribution >= 0.6 is 11.6 Å². The molecule has 2 heteroatoms. The fourth-order valence-electron chi connectivity index (χ4n) is 1.41. The average molecular weight is 227 g/mol. The Morgan fingerprint density at radius 1 is 1.13 bits per heavy atom. The van der Waals surface area contributed by atoms with E-state index in [0.717, 1.165) is 5.75 Å². The van der Waals surface area contributed by atoms with Crippen molar-refractivity contribution >= 4 is 11.6 Å². The summed E-state index contributed by atoms with van der Waals surface area (Å²) < 4.78 is 5.64. The zero-order valence-electron chi connectivity index (χ0n) is 9.83. The molecule has 0 aromatic heterocycles. The molecule has 2 atom stereocenters. The van der Waals surface area contributed by atoms with Crippen molar-refractivity contribution in [2.75, 3.05) is 0 Å². The van der Waals surface area contributed by atoms with Crippen molar-refractivity contribution in [2.24, 2.45) is 0 Å². The van der Waals surface area contributed by atoms with Crippen LogP contribution in [0.5, 0.6) is 5.75 Å². The Labute approximate surface area is 97.4 Å². The predicted molar refractivity (Wildman–Crippen MR) is 65.9 cm³/mol. The molecule has 0 amide bonds. The third-order valence-corrected chi connectivity index (χ3v) is 2.82. The normalized spacial score (nSPS) is 15.1. The molecule has 1 aromatic rings. The maximum absolute atomic E-state index is 6.08. The average Bonchev–Trinajstić information content (AvgIpc) is 2.16. The summed E-state index contributed by atoms with van der Waals surface area (Å²) in [6.45, 7) is 8.20. The largest absolute Gasteiger partial charge is 0.491 e. The Morgan fingerprint density at radius 3 is 2.33 bits per heavy atom. The van der Waals surface area contributed by atoms with E-state index in [1.54, 1.807) is 0 Å². The molecule has 0 radical (unpaired) electrons. The van der Waals surface area contributed by atoms with Gasteiger partial charge >= 0.3 is 0 Å². The van der Waals surface area contributed by atoms with Crippen molar-refractivity contribution in [1.82, 2.24) is 0 Å². The summed E-state index contributed by atoms with van der Waals surface area (Å²) in [5.74, 6) is 1.27. The Hall–Kier alpha value is -0.690. The second kappa shape index (κ2) is 5.41. The SMILES string of the molecule is CC(C)Oc1cccc(C(C)C(C)Cl)c1. The second-order valence-electron chi connectivity index (χ2n) is 4.21. The minimum absolute atomic E-state index is 0.138. The lowest BCUT2D eigenvalue weighted by molar-refractivity contribution is 0.242. The van der Waals surface area contributed by atoms with Gasteiger partial charge in [0.25, 0.3) is 0 Å². The lowest BCUT2D eigenvalue weighted by Crippen LogP contribution is -2.08. The van der Waals surface area contributed by atoms with Crippen LogP contribution in [0.25, 0.3) is 0 Å². The van der Waals surface area contributed by atoms with E-state index in [1.807, 2.05) is 32.9 Å². The highest BCUT2D eigenvalue weighted by Gasteiger charge is 2.12. The zero-order chi connectivity index (χ0) is 11.4. The minimum Gasteiger partial charge on any atom is -0.491 e. The summed E-state index contributed by atoms with van der Waals surface area (Å²) in [6.07, 6.45) is 0.212. The lowest BCUT2D eigenvalue weighted by atomic mass is 9.98. The van der Waals surface area contributed by atoms with Crippen LogP contribution < -0.4 is 4.74 Å². The van der Waals surface area contributed by atoms with E-state index in [1.165, 1.54) is 5.56 Å². The lowest BCUT2D eigenvalue weighted by Gasteiger charge is -2.16. The number of rotatable bonds is 4. The summed E-state index contributed by atoms with van der Waals surface area (Å²) in [7, 11) is 0. The van der Waals surface area contributed by atoms with Gasteiger partial charge in [-0.2, -0.15) is 0 Å². The molecule has 0 aliphatic carbocycles. The summed E-state index contributed by atoms with van der Waals surface area (Å²) in [5.41, 5.74) is 1.23. The molecule has 0 aliphatic rings. The van der Waals surface area contributed by atoms with E-state index in [0.29, 0.717) is 5.92 Å². The van der Waals surface area contributed by atoms with E-state index < -0.39 is 0 Å². The van der Waals surface area contributed by atoms with Crippen LogP contribution in [0.1, 0.15) is 39.2 Å². The van der Waals surface area contributed by atoms with Crippen molar-refractivity contribution in [3.05, 3.63) is 29.8 Å². The molecule has 0 saturated heterocycles. The molecule has 2 unspecified atom stereocenters. The van der Waals surface area contributed by atoms with Crippen molar-refractivity contribution in [3.63, 3.8) is 0 Å². The summed E-state index contributed by atoms with van der Waals surface area (Å²) in [6, 6.07) is 8.16. The smallest absolute Gasteiger partial charge is 0.119 e. The molecule has 0 N–H and O–H groups in total. The van der Waals surface area contributed by atoms with E-state index in [-0.39, 0.29) is 11.5 Å². The first kappa shape index (κ1) is 12.4. The molecular formula is C13H19ClO. The first-order chi connectivity index (χ1) is 7.00. The van der Waals surface area contributed by atoms with Gasteiger partial charge in [-0.3, -0.25) is 0 Å². The Balaban J connectivity index is 2.82. The van der Waals surface area contributed by atoms with Crippen LogP contribution in [0.4, 0.5) is 0 Å². The fraction of sp³-hybridized carbons (Fsp3) is 0.538. The number of benzene rings is 1. The number of hydrogen-bond acceptors (Lipinski definition) is 1. The van der Waals surface area contributed by atoms with E-state index in [9.17, 15) is 0 Å². The predicted octanol–water partition coefficient (Wildman–Crippen LogP) is 4.20. The molecule has 0 saturated carbocycles. The zero-order valence-corrected chi connectivity index (χ0v) is 10.6. The Bertz CT molecular complexity index is 307. The topological polar surface area (TPSA) is 9.23 Å². The third kappa shape index (κ3) is 3.75. The van der Waals surface area contributed by atoms with Gasteiger partial charge in [0.2, 0.25) is 0 Å². The maximum atomic E-state index is 6.08. The minimum atomic E-state index is 0.138. The van der Waals surface area contributed by atoms with Gasteiger partial charge in [-0.25, -0.2) is 0 Å². The standard InChI is InChI=1S/C13H19ClO/c1-9(2)15-13-7-5-6-12(8-13)10(3)11(4)14/h5-11H,1-4H3. The second-order valence-corrected chi connectivity index (χ2v) is 4.89. The molecule has 0 heterocycles.